The standard InChI is InChI=1S/C26H20N4O2/c31-25-16-26(29-19-7-3-1-4-8-19)30(21-9-5-2-6-10-21)24-15-20(28-17-23(24)25)18-32-22-11-13-27-14-12-22/h1-17,29H,18H2. The normalized spacial score (nSPS) is 10.8. The van der Waals surface area contributed by atoms with E-state index in [1.54, 1.807) is 36.8 Å². The molecule has 5 rings (SSSR count). The van der Waals surface area contributed by atoms with Crippen LogP contribution in [0.3, 0.4) is 0 Å². The minimum atomic E-state index is -0.0975. The largest absolute Gasteiger partial charge is 0.487 e. The van der Waals surface area contributed by atoms with Crippen LogP contribution >= 0.6 is 0 Å². The highest BCUT2D eigenvalue weighted by Crippen LogP contribution is 2.25. The number of hydrogen-bond acceptors (Lipinski definition) is 5. The first-order valence-electron chi connectivity index (χ1n) is 10.2. The van der Waals surface area contributed by atoms with Crippen LogP contribution < -0.4 is 15.5 Å². The molecule has 2 aromatic carbocycles. The van der Waals surface area contributed by atoms with Gasteiger partial charge in [-0.2, -0.15) is 0 Å². The van der Waals surface area contributed by atoms with Crippen LogP contribution in [0.4, 0.5) is 11.5 Å². The molecular formula is C26H20N4O2. The lowest BCUT2D eigenvalue weighted by atomic mass is 10.2. The molecule has 3 aromatic heterocycles. The van der Waals surface area contributed by atoms with E-state index in [1.165, 1.54) is 0 Å². The van der Waals surface area contributed by atoms with Crippen molar-refractivity contribution in [2.24, 2.45) is 0 Å². The SMILES string of the molecule is O=c1cc(Nc2ccccc2)n(-c2ccccc2)c2cc(COc3ccncc3)ncc12. The molecule has 0 spiro atoms. The molecule has 6 heteroatoms. The molecule has 0 aliphatic carbocycles. The summed E-state index contributed by atoms with van der Waals surface area (Å²) in [5.41, 5.74) is 3.20. The van der Waals surface area contributed by atoms with Gasteiger partial charge in [0.05, 0.1) is 16.6 Å². The van der Waals surface area contributed by atoms with Crippen LogP contribution in [0.5, 0.6) is 5.75 Å². The fourth-order valence-electron chi connectivity index (χ4n) is 3.54. The summed E-state index contributed by atoms with van der Waals surface area (Å²) in [6, 6.07) is 26.8. The van der Waals surface area contributed by atoms with Crippen LogP contribution in [0.2, 0.25) is 0 Å². The number of nitrogens with zero attached hydrogens (tertiary/aromatic N) is 3. The van der Waals surface area contributed by atoms with Crippen molar-refractivity contribution >= 4 is 22.4 Å². The maximum atomic E-state index is 12.9. The number of fused-ring (bicyclic) bond motifs is 1. The molecule has 156 valence electrons. The third-order valence-corrected chi connectivity index (χ3v) is 5.05. The molecule has 6 nitrogen and oxygen atoms in total. The van der Waals surface area contributed by atoms with Crippen LogP contribution in [-0.2, 0) is 6.61 Å². The molecule has 0 saturated carbocycles. The minimum Gasteiger partial charge on any atom is -0.487 e. The Morgan fingerprint density at radius 3 is 2.34 bits per heavy atom. The average Bonchev–Trinajstić information content (AvgIpc) is 2.85. The number of pyridine rings is 3. The molecule has 3 heterocycles. The molecule has 0 atom stereocenters. The number of nitrogens with one attached hydrogen (secondary N) is 1. The summed E-state index contributed by atoms with van der Waals surface area (Å²) in [4.78, 5) is 21.4. The Kier molecular flexibility index (Phi) is 5.32. The molecule has 0 amide bonds. The van der Waals surface area contributed by atoms with Crippen LogP contribution in [0, 0.1) is 0 Å². The fraction of sp³-hybridized carbons (Fsp3) is 0.0385. The molecular weight excluding hydrogens is 400 g/mol. The van der Waals surface area contributed by atoms with E-state index in [4.69, 9.17) is 4.74 Å². The summed E-state index contributed by atoms with van der Waals surface area (Å²) in [7, 11) is 0. The van der Waals surface area contributed by atoms with Gasteiger partial charge in [-0.05, 0) is 42.5 Å². The number of hydrogen-bond donors (Lipinski definition) is 1. The van der Waals surface area contributed by atoms with E-state index in [9.17, 15) is 4.79 Å². The quantitative estimate of drug-likeness (QED) is 0.414. The van der Waals surface area contributed by atoms with Crippen molar-refractivity contribution < 1.29 is 4.74 Å². The van der Waals surface area contributed by atoms with Crippen molar-refractivity contribution in [3.8, 4) is 11.4 Å². The number of ether oxygens (including phenoxy) is 1. The van der Waals surface area contributed by atoms with E-state index in [-0.39, 0.29) is 12.0 Å². The van der Waals surface area contributed by atoms with E-state index in [0.717, 1.165) is 22.6 Å². The Morgan fingerprint density at radius 2 is 1.59 bits per heavy atom. The van der Waals surface area contributed by atoms with Crippen molar-refractivity contribution in [1.82, 2.24) is 14.5 Å². The Bertz CT molecular complexity index is 1400. The van der Waals surface area contributed by atoms with Gasteiger partial charge in [0.25, 0.3) is 0 Å². The molecule has 0 aliphatic rings. The van der Waals surface area contributed by atoms with Gasteiger partial charge in [-0.3, -0.25) is 19.3 Å². The molecule has 0 radical (unpaired) electrons. The second-order valence-corrected chi connectivity index (χ2v) is 7.22. The lowest BCUT2D eigenvalue weighted by molar-refractivity contribution is 0.301. The Balaban J connectivity index is 1.63. The van der Waals surface area contributed by atoms with Gasteiger partial charge >= 0.3 is 0 Å². The zero-order valence-corrected chi connectivity index (χ0v) is 17.2. The topological polar surface area (TPSA) is 69.0 Å². The molecule has 32 heavy (non-hydrogen) atoms. The molecule has 0 aliphatic heterocycles. The van der Waals surface area contributed by atoms with E-state index in [0.29, 0.717) is 17.0 Å². The monoisotopic (exact) mass is 420 g/mol. The number of anilines is 2. The highest BCUT2D eigenvalue weighted by atomic mass is 16.5. The second kappa shape index (κ2) is 8.73. The van der Waals surface area contributed by atoms with E-state index < -0.39 is 0 Å². The molecule has 0 unspecified atom stereocenters. The average molecular weight is 420 g/mol. The van der Waals surface area contributed by atoms with Crippen LogP contribution in [0.25, 0.3) is 16.6 Å². The zero-order chi connectivity index (χ0) is 21.8. The summed E-state index contributed by atoms with van der Waals surface area (Å²) < 4.78 is 7.87. The van der Waals surface area contributed by atoms with Gasteiger partial charge in [-0.1, -0.05) is 36.4 Å². The zero-order valence-electron chi connectivity index (χ0n) is 17.2. The predicted octanol–water partition coefficient (Wildman–Crippen LogP) is 5.10. The lowest BCUT2D eigenvalue weighted by Crippen LogP contribution is -2.13. The van der Waals surface area contributed by atoms with Crippen LogP contribution in [-0.4, -0.2) is 14.5 Å². The highest BCUT2D eigenvalue weighted by Gasteiger charge is 2.13. The van der Waals surface area contributed by atoms with Crippen molar-refractivity contribution in [2.45, 2.75) is 6.61 Å². The third kappa shape index (κ3) is 4.06. The fourth-order valence-corrected chi connectivity index (χ4v) is 3.54. The first-order chi connectivity index (χ1) is 15.8. The summed E-state index contributed by atoms with van der Waals surface area (Å²) in [5, 5.41) is 3.93. The summed E-state index contributed by atoms with van der Waals surface area (Å²) in [6.45, 7) is 0.277. The predicted molar refractivity (Wildman–Crippen MR) is 126 cm³/mol. The maximum absolute atomic E-state index is 12.9. The summed E-state index contributed by atoms with van der Waals surface area (Å²) >= 11 is 0. The number of benzene rings is 2. The van der Waals surface area contributed by atoms with Crippen molar-refractivity contribution in [3.63, 3.8) is 0 Å². The number of aromatic nitrogens is 3. The van der Waals surface area contributed by atoms with Crippen LogP contribution in [0.15, 0.2) is 108 Å². The Labute approximate surface area is 184 Å². The van der Waals surface area contributed by atoms with Gasteiger partial charge in [0, 0.05) is 36.0 Å². The molecule has 0 fully saturated rings. The molecule has 0 bridgehead atoms. The third-order valence-electron chi connectivity index (χ3n) is 5.05. The lowest BCUT2D eigenvalue weighted by Gasteiger charge is -2.19. The Hall–Kier alpha value is -4.45. The van der Waals surface area contributed by atoms with Crippen molar-refractivity contribution in [2.75, 3.05) is 5.32 Å². The second-order valence-electron chi connectivity index (χ2n) is 7.22. The van der Waals surface area contributed by atoms with Gasteiger partial charge < -0.3 is 10.1 Å². The minimum absolute atomic E-state index is 0.0975. The molecule has 5 aromatic rings. The first kappa shape index (κ1) is 19.5. The van der Waals surface area contributed by atoms with Crippen molar-refractivity contribution in [3.05, 3.63) is 119 Å². The number of para-hydroxylation sites is 2. The first-order valence-corrected chi connectivity index (χ1v) is 10.2. The van der Waals surface area contributed by atoms with E-state index in [2.05, 4.69) is 15.3 Å². The highest BCUT2D eigenvalue weighted by molar-refractivity contribution is 5.83. The van der Waals surface area contributed by atoms with Crippen LogP contribution in [0.1, 0.15) is 5.69 Å². The van der Waals surface area contributed by atoms with Gasteiger partial charge in [-0.15, -0.1) is 0 Å². The number of rotatable bonds is 6. The van der Waals surface area contributed by atoms with Gasteiger partial charge in [0.1, 0.15) is 18.2 Å². The van der Waals surface area contributed by atoms with Gasteiger partial charge in [0.2, 0.25) is 0 Å². The van der Waals surface area contributed by atoms with Gasteiger partial charge in [0.15, 0.2) is 5.43 Å². The smallest absolute Gasteiger partial charge is 0.193 e. The Morgan fingerprint density at radius 1 is 0.875 bits per heavy atom. The molecule has 0 saturated heterocycles. The van der Waals surface area contributed by atoms with E-state index >= 15 is 0 Å². The van der Waals surface area contributed by atoms with Crippen molar-refractivity contribution in [1.29, 1.82) is 0 Å². The molecule has 1 N–H and O–H groups in total. The summed E-state index contributed by atoms with van der Waals surface area (Å²) in [6.07, 6.45) is 4.98. The summed E-state index contributed by atoms with van der Waals surface area (Å²) in [5.74, 6) is 1.38. The van der Waals surface area contributed by atoms with Gasteiger partial charge in [-0.25, -0.2) is 0 Å². The van der Waals surface area contributed by atoms with E-state index in [1.807, 2.05) is 71.3 Å². The maximum Gasteiger partial charge on any atom is 0.193 e.